The van der Waals surface area contributed by atoms with Gasteiger partial charge >= 0.3 is 21.7 Å². The van der Waals surface area contributed by atoms with Crippen molar-refractivity contribution in [3.63, 3.8) is 0 Å². The molecule has 4 aromatic carbocycles. The summed E-state index contributed by atoms with van der Waals surface area (Å²) in [6.07, 6.45) is 5.44. The summed E-state index contributed by atoms with van der Waals surface area (Å²) in [6, 6.07) is 30.9. The summed E-state index contributed by atoms with van der Waals surface area (Å²) in [5, 5.41) is 30.3. The summed E-state index contributed by atoms with van der Waals surface area (Å²) in [6.45, 7) is 0. The zero-order valence-electron chi connectivity index (χ0n) is 20.2. The van der Waals surface area contributed by atoms with E-state index in [2.05, 4.69) is 18.2 Å². The second-order valence-electron chi connectivity index (χ2n) is 7.74. The quantitative estimate of drug-likeness (QED) is 0.297. The van der Waals surface area contributed by atoms with Crippen molar-refractivity contribution in [2.24, 2.45) is 0 Å². The zero-order valence-corrected chi connectivity index (χ0v) is 21.7. The largest absolute Gasteiger partial charge is 4.00 e. The van der Waals surface area contributed by atoms with Crippen LogP contribution < -0.4 is 15.3 Å². The minimum Gasteiger partial charge on any atom is -0.545 e. The number of carboxylic acid groups (broad SMARTS) is 3. The molecule has 0 saturated heterocycles. The summed E-state index contributed by atoms with van der Waals surface area (Å²) in [5.41, 5.74) is 3.86. The van der Waals surface area contributed by atoms with Crippen LogP contribution in [0.5, 0.6) is 0 Å². The minimum atomic E-state index is -1.13. The molecule has 0 amide bonds. The molecule has 37 heavy (non-hydrogen) atoms. The molecule has 0 unspecified atom stereocenters. The third kappa shape index (κ3) is 12.1. The Morgan fingerprint density at radius 1 is 0.541 bits per heavy atom. The summed E-state index contributed by atoms with van der Waals surface area (Å²) in [4.78, 5) is 30.3. The van der Waals surface area contributed by atoms with E-state index >= 15 is 0 Å². The van der Waals surface area contributed by atoms with Crippen molar-refractivity contribution in [3.8, 4) is 0 Å². The molecular formula is C30H26O6Ti. The number of carboxylic acids is 3. The Morgan fingerprint density at radius 3 is 1.19 bits per heavy atom. The average Bonchev–Trinajstić information content (AvgIpc) is 3.40. The van der Waals surface area contributed by atoms with Crippen LogP contribution in [0.25, 0.3) is 0 Å². The smallest absolute Gasteiger partial charge is 0.545 e. The average molecular weight is 530 g/mol. The third-order valence-corrected chi connectivity index (χ3v) is 5.18. The van der Waals surface area contributed by atoms with Gasteiger partial charge in [0.25, 0.3) is 0 Å². The van der Waals surface area contributed by atoms with Crippen LogP contribution in [-0.4, -0.2) is 17.9 Å². The van der Waals surface area contributed by atoms with Gasteiger partial charge in [0.2, 0.25) is 0 Å². The van der Waals surface area contributed by atoms with E-state index in [0.29, 0.717) is 0 Å². The van der Waals surface area contributed by atoms with Gasteiger partial charge in [-0.25, -0.2) is 6.07 Å². The van der Waals surface area contributed by atoms with E-state index in [4.69, 9.17) is 0 Å². The Hall–Kier alpha value is -3.87. The van der Waals surface area contributed by atoms with Crippen LogP contribution >= 0.6 is 0 Å². The van der Waals surface area contributed by atoms with Gasteiger partial charge < -0.3 is 29.7 Å². The molecule has 0 bridgehead atoms. The first-order valence-corrected chi connectivity index (χ1v) is 11.4. The molecule has 0 N–H and O–H groups in total. The Morgan fingerprint density at radius 2 is 0.892 bits per heavy atom. The Balaban J connectivity index is 0.000000244. The summed E-state index contributed by atoms with van der Waals surface area (Å²) in [7, 11) is 0. The number of hydrogen-bond donors (Lipinski definition) is 0. The van der Waals surface area contributed by atoms with Crippen molar-refractivity contribution in [3.05, 3.63) is 137 Å². The van der Waals surface area contributed by atoms with E-state index in [1.165, 1.54) is 62.1 Å². The Labute approximate surface area is 231 Å². The molecule has 1 aliphatic rings. The molecule has 0 fully saturated rings. The molecule has 186 valence electrons. The van der Waals surface area contributed by atoms with E-state index < -0.39 is 17.9 Å². The second kappa shape index (κ2) is 17.5. The van der Waals surface area contributed by atoms with Crippen molar-refractivity contribution >= 4 is 17.9 Å². The van der Waals surface area contributed by atoms with Gasteiger partial charge in [0.1, 0.15) is 0 Å². The van der Waals surface area contributed by atoms with Crippen LogP contribution in [0.15, 0.2) is 109 Å². The van der Waals surface area contributed by atoms with Crippen LogP contribution in [0.1, 0.15) is 55.0 Å². The maximum absolute atomic E-state index is 10.1. The number of aryl methyl sites for hydroxylation is 2. The van der Waals surface area contributed by atoms with E-state index in [1.54, 1.807) is 65.7 Å². The Kier molecular flexibility index (Phi) is 14.8. The fraction of sp³-hybridized carbons (Fsp3) is 0.133. The fourth-order valence-corrected chi connectivity index (χ4v) is 3.34. The van der Waals surface area contributed by atoms with E-state index in [0.717, 1.165) is 0 Å². The first-order valence-electron chi connectivity index (χ1n) is 11.4. The van der Waals surface area contributed by atoms with Crippen LogP contribution in [0.4, 0.5) is 0 Å². The van der Waals surface area contributed by atoms with Crippen molar-refractivity contribution in [1.82, 2.24) is 0 Å². The standard InChI is InChI=1S/C9H11.3C7H6O2.Ti/c1-2-5-9-7-3-6-8(9)4-1;3*8-7(9)6-4-2-1-3-5-6;/h3,6-7H,1-2,4-5H2;3*1-5H,(H,8,9);/q-1;;;;+4/p-3. The predicted molar refractivity (Wildman–Crippen MR) is 131 cm³/mol. The van der Waals surface area contributed by atoms with E-state index in [-0.39, 0.29) is 38.4 Å². The van der Waals surface area contributed by atoms with Crippen molar-refractivity contribution in [2.45, 2.75) is 25.7 Å². The van der Waals surface area contributed by atoms with Gasteiger partial charge in [-0.1, -0.05) is 117 Å². The fourth-order valence-electron chi connectivity index (χ4n) is 3.34. The maximum atomic E-state index is 10.1. The van der Waals surface area contributed by atoms with Gasteiger partial charge in [-0.05, 0) is 16.7 Å². The van der Waals surface area contributed by atoms with Crippen LogP contribution in [0.3, 0.4) is 0 Å². The van der Waals surface area contributed by atoms with Crippen LogP contribution in [0.2, 0.25) is 0 Å². The minimum absolute atomic E-state index is 0. The number of benzene rings is 3. The first kappa shape index (κ1) is 31.2. The molecule has 0 radical (unpaired) electrons. The van der Waals surface area contributed by atoms with Gasteiger partial charge in [0.05, 0.1) is 17.9 Å². The summed E-state index contributed by atoms with van der Waals surface area (Å²) in [5.74, 6) is -3.39. The third-order valence-electron chi connectivity index (χ3n) is 5.18. The molecule has 0 aliphatic heterocycles. The van der Waals surface area contributed by atoms with E-state index in [1.807, 2.05) is 0 Å². The second-order valence-corrected chi connectivity index (χ2v) is 7.74. The maximum Gasteiger partial charge on any atom is 4.00 e. The van der Waals surface area contributed by atoms with Crippen molar-refractivity contribution in [2.75, 3.05) is 0 Å². The molecule has 5 rings (SSSR count). The van der Waals surface area contributed by atoms with Crippen molar-refractivity contribution in [1.29, 1.82) is 0 Å². The molecule has 1 aliphatic carbocycles. The molecule has 6 nitrogen and oxygen atoms in total. The van der Waals surface area contributed by atoms with Crippen LogP contribution in [0, 0.1) is 0 Å². The van der Waals surface area contributed by atoms with Crippen LogP contribution in [-0.2, 0) is 34.6 Å². The summed E-state index contributed by atoms with van der Waals surface area (Å²) >= 11 is 0. The zero-order chi connectivity index (χ0) is 26.2. The summed E-state index contributed by atoms with van der Waals surface area (Å²) < 4.78 is 0. The van der Waals surface area contributed by atoms with Gasteiger partial charge in [-0.15, -0.1) is 0 Å². The number of rotatable bonds is 3. The molecule has 0 aromatic heterocycles. The molecule has 4 aromatic rings. The monoisotopic (exact) mass is 530 g/mol. The number of hydrogen-bond acceptors (Lipinski definition) is 6. The van der Waals surface area contributed by atoms with E-state index in [9.17, 15) is 29.7 Å². The molecule has 0 atom stereocenters. The number of aromatic carboxylic acids is 3. The molecule has 0 heterocycles. The first-order chi connectivity index (χ1) is 17.4. The number of carbonyl (C=O) groups is 3. The number of fused-ring (bicyclic) bond motifs is 1. The molecular weight excluding hydrogens is 504 g/mol. The Bertz CT molecular complexity index is 1070. The normalized spacial score (nSPS) is 10.7. The van der Waals surface area contributed by atoms with Gasteiger partial charge in [0.15, 0.2) is 0 Å². The number of carbonyl (C=O) groups excluding carboxylic acids is 3. The topological polar surface area (TPSA) is 120 Å². The van der Waals surface area contributed by atoms with Crippen molar-refractivity contribution < 1.29 is 51.4 Å². The SMILES string of the molecule is O=C([O-])c1ccccc1.O=C([O-])c1ccccc1.O=C([O-])c1ccccc1.[Ti+4].c1cc2c([cH-]1)CCCC2. The molecule has 7 heteroatoms. The molecule has 0 saturated carbocycles. The predicted octanol–water partition coefficient (Wildman–Crippen LogP) is 2.43. The van der Waals surface area contributed by atoms with Gasteiger partial charge in [-0.3, -0.25) is 0 Å². The van der Waals surface area contributed by atoms with Gasteiger partial charge in [0, 0.05) is 0 Å². The van der Waals surface area contributed by atoms with Gasteiger partial charge in [-0.2, -0.15) is 23.3 Å². The molecule has 0 spiro atoms.